The Labute approximate surface area is 143 Å². The Morgan fingerprint density at radius 3 is 2.22 bits per heavy atom. The van der Waals surface area contributed by atoms with E-state index in [1.54, 1.807) is 0 Å². The number of nitrogens with zero attached hydrogens (tertiary/aromatic N) is 1. The molecule has 0 spiro atoms. The van der Waals surface area contributed by atoms with Gasteiger partial charge in [0.25, 0.3) is 0 Å². The van der Waals surface area contributed by atoms with Crippen LogP contribution < -0.4 is 0 Å². The van der Waals surface area contributed by atoms with E-state index in [1.165, 1.54) is 0 Å². The number of piperidine rings is 1. The summed E-state index contributed by atoms with van der Waals surface area (Å²) in [6.45, 7) is 18.6. The Morgan fingerprint density at radius 2 is 1.74 bits per heavy atom. The first-order valence-electron chi connectivity index (χ1n) is 8.65. The van der Waals surface area contributed by atoms with Crippen molar-refractivity contribution in [3.63, 3.8) is 0 Å². The summed E-state index contributed by atoms with van der Waals surface area (Å²) in [7, 11) is -1.83. The van der Waals surface area contributed by atoms with E-state index in [1.807, 2.05) is 25.7 Å². The van der Waals surface area contributed by atoms with Crippen LogP contribution in [0.1, 0.15) is 48.0 Å². The van der Waals surface area contributed by atoms with E-state index < -0.39 is 20.3 Å². The molecule has 0 bridgehead atoms. The summed E-state index contributed by atoms with van der Waals surface area (Å²) in [5.41, 5.74) is -0.400. The fraction of sp³-hybridized carbons (Fsp3) is 1.00. The predicted octanol–water partition coefficient (Wildman–Crippen LogP) is 2.78. The molecule has 0 aromatic rings. The van der Waals surface area contributed by atoms with E-state index in [-0.39, 0.29) is 17.1 Å². The zero-order valence-corrected chi connectivity index (χ0v) is 17.2. The Hall–Kier alpha value is 0.0169. The fourth-order valence-electron chi connectivity index (χ4n) is 2.34. The molecule has 6 heteroatoms. The molecule has 1 fully saturated rings. The molecule has 1 rings (SSSR count). The molecule has 1 heterocycles. The average Bonchev–Trinajstić information content (AvgIpc) is 2.34. The van der Waals surface area contributed by atoms with Gasteiger partial charge in [-0.2, -0.15) is 0 Å². The van der Waals surface area contributed by atoms with Crippen LogP contribution in [0.3, 0.4) is 0 Å². The van der Waals surface area contributed by atoms with Gasteiger partial charge < -0.3 is 19.4 Å². The fourth-order valence-corrected chi connectivity index (χ4v) is 3.40. The molecular weight excluding hydrogens is 310 g/mol. The Kier molecular flexibility index (Phi) is 6.86. The highest BCUT2D eigenvalue weighted by atomic mass is 28.4. The van der Waals surface area contributed by atoms with Gasteiger partial charge in [0.15, 0.2) is 8.32 Å². The van der Waals surface area contributed by atoms with Crippen molar-refractivity contribution in [1.29, 1.82) is 0 Å². The molecule has 23 heavy (non-hydrogen) atoms. The molecule has 5 nitrogen and oxygen atoms in total. The molecule has 0 aliphatic carbocycles. The van der Waals surface area contributed by atoms with Crippen LogP contribution in [-0.2, 0) is 9.16 Å². The van der Waals surface area contributed by atoms with Crippen LogP contribution in [0.2, 0.25) is 18.1 Å². The summed E-state index contributed by atoms with van der Waals surface area (Å²) in [5.74, 6) is 0.0103. The maximum atomic E-state index is 10.3. The minimum absolute atomic E-state index is 0.0103. The molecular formula is C17H37NO4Si. The third-order valence-corrected chi connectivity index (χ3v) is 9.46. The molecule has 3 atom stereocenters. The maximum absolute atomic E-state index is 10.3. The third kappa shape index (κ3) is 6.44. The first-order chi connectivity index (χ1) is 10.2. The van der Waals surface area contributed by atoms with Gasteiger partial charge in [0, 0.05) is 25.6 Å². The number of hydrogen-bond acceptors (Lipinski definition) is 5. The van der Waals surface area contributed by atoms with Crippen molar-refractivity contribution in [3.05, 3.63) is 0 Å². The molecule has 1 aliphatic heterocycles. The van der Waals surface area contributed by atoms with E-state index in [4.69, 9.17) is 9.16 Å². The van der Waals surface area contributed by atoms with Gasteiger partial charge in [0.2, 0.25) is 6.41 Å². The molecule has 0 aromatic carbocycles. The van der Waals surface area contributed by atoms with Crippen molar-refractivity contribution in [2.75, 3.05) is 19.7 Å². The van der Waals surface area contributed by atoms with Gasteiger partial charge in [-0.15, -0.1) is 0 Å². The van der Waals surface area contributed by atoms with Crippen LogP contribution in [-0.4, -0.2) is 61.2 Å². The second-order valence-corrected chi connectivity index (χ2v) is 14.0. The second-order valence-electron chi connectivity index (χ2n) is 9.24. The lowest BCUT2D eigenvalue weighted by molar-refractivity contribution is -0.249. The lowest BCUT2D eigenvalue weighted by atomic mass is 9.96. The van der Waals surface area contributed by atoms with Gasteiger partial charge in [0.05, 0.1) is 11.7 Å². The van der Waals surface area contributed by atoms with Crippen LogP contribution in [0.25, 0.3) is 0 Å². The van der Waals surface area contributed by atoms with Crippen LogP contribution in [0.4, 0.5) is 0 Å². The molecule has 0 amide bonds. The van der Waals surface area contributed by atoms with E-state index >= 15 is 0 Å². The quantitative estimate of drug-likeness (QED) is 0.591. The SMILES string of the molecule is CC(C)(C)OC(O)N1CCC(O)C(CO[Si](C)(C)C(C)(C)C)C1. The number of likely N-dealkylation sites (tertiary alicyclic amines) is 1. The van der Waals surface area contributed by atoms with Crippen molar-refractivity contribution in [2.24, 2.45) is 5.92 Å². The van der Waals surface area contributed by atoms with Gasteiger partial charge in [0.1, 0.15) is 0 Å². The van der Waals surface area contributed by atoms with E-state index in [0.717, 1.165) is 0 Å². The number of rotatable bonds is 5. The van der Waals surface area contributed by atoms with E-state index in [9.17, 15) is 10.2 Å². The van der Waals surface area contributed by atoms with E-state index in [2.05, 4.69) is 33.9 Å². The maximum Gasteiger partial charge on any atom is 0.216 e. The van der Waals surface area contributed by atoms with Gasteiger partial charge >= 0.3 is 0 Å². The number of ether oxygens (including phenoxy) is 1. The highest BCUT2D eigenvalue weighted by Gasteiger charge is 2.39. The molecule has 138 valence electrons. The Balaban J connectivity index is 2.61. The first kappa shape index (κ1) is 21.1. The van der Waals surface area contributed by atoms with Gasteiger partial charge in [-0.3, -0.25) is 4.90 Å². The normalized spacial score (nSPS) is 26.3. The second kappa shape index (κ2) is 7.50. The van der Waals surface area contributed by atoms with Gasteiger partial charge in [-0.05, 0) is 45.3 Å². The topological polar surface area (TPSA) is 62.2 Å². The van der Waals surface area contributed by atoms with Crippen molar-refractivity contribution in [2.45, 2.75) is 84.2 Å². The zero-order chi connectivity index (χ0) is 18.1. The Morgan fingerprint density at radius 1 is 1.17 bits per heavy atom. The third-order valence-electron chi connectivity index (χ3n) is 4.96. The summed E-state index contributed by atoms with van der Waals surface area (Å²) < 4.78 is 11.9. The van der Waals surface area contributed by atoms with Gasteiger partial charge in [-0.1, -0.05) is 20.8 Å². The van der Waals surface area contributed by atoms with Crippen LogP contribution in [0, 0.1) is 5.92 Å². The summed E-state index contributed by atoms with van der Waals surface area (Å²) >= 11 is 0. The molecule has 3 unspecified atom stereocenters. The molecule has 0 saturated carbocycles. The first-order valence-corrected chi connectivity index (χ1v) is 11.6. The smallest absolute Gasteiger partial charge is 0.216 e. The van der Waals surface area contributed by atoms with Crippen LogP contribution in [0.15, 0.2) is 0 Å². The van der Waals surface area contributed by atoms with Crippen LogP contribution >= 0.6 is 0 Å². The molecule has 1 saturated heterocycles. The number of aliphatic hydroxyl groups excluding tert-OH is 2. The van der Waals surface area contributed by atoms with Gasteiger partial charge in [-0.25, -0.2) is 0 Å². The lowest BCUT2D eigenvalue weighted by Crippen LogP contribution is -2.52. The van der Waals surface area contributed by atoms with Crippen molar-refractivity contribution < 1.29 is 19.4 Å². The van der Waals surface area contributed by atoms with Crippen molar-refractivity contribution in [1.82, 2.24) is 4.90 Å². The summed E-state index contributed by atoms with van der Waals surface area (Å²) in [5, 5.41) is 20.7. The number of hydrogen-bond donors (Lipinski definition) is 2. The van der Waals surface area contributed by atoms with E-state index in [0.29, 0.717) is 26.1 Å². The molecule has 0 radical (unpaired) electrons. The zero-order valence-electron chi connectivity index (χ0n) is 16.2. The minimum Gasteiger partial charge on any atom is -0.416 e. The van der Waals surface area contributed by atoms with Crippen molar-refractivity contribution >= 4 is 8.32 Å². The molecule has 0 aromatic heterocycles. The monoisotopic (exact) mass is 347 g/mol. The number of aliphatic hydroxyl groups is 2. The van der Waals surface area contributed by atoms with Crippen molar-refractivity contribution in [3.8, 4) is 0 Å². The minimum atomic E-state index is -1.83. The molecule has 2 N–H and O–H groups in total. The summed E-state index contributed by atoms with van der Waals surface area (Å²) in [6.07, 6.45) is -0.675. The Bertz CT molecular complexity index is 376. The summed E-state index contributed by atoms with van der Waals surface area (Å²) in [4.78, 5) is 1.89. The highest BCUT2D eigenvalue weighted by molar-refractivity contribution is 6.74. The molecule has 1 aliphatic rings. The lowest BCUT2D eigenvalue weighted by Gasteiger charge is -2.42. The average molecular weight is 348 g/mol. The standard InChI is InChI=1S/C17H37NO4Si/c1-16(2,3)22-15(20)18-10-9-14(19)13(11-18)12-21-23(7,8)17(4,5)6/h13-15,19-20H,9-12H2,1-8H3. The predicted molar refractivity (Wildman–Crippen MR) is 95.7 cm³/mol. The largest absolute Gasteiger partial charge is 0.416 e. The van der Waals surface area contributed by atoms with Crippen LogP contribution in [0.5, 0.6) is 0 Å². The highest BCUT2D eigenvalue weighted by Crippen LogP contribution is 2.37. The summed E-state index contributed by atoms with van der Waals surface area (Å²) in [6, 6.07) is 0.